The van der Waals surface area contributed by atoms with Gasteiger partial charge in [0.2, 0.25) is 0 Å². The zero-order chi connectivity index (χ0) is 20.0. The molecular formula is C21H24FN3O3. The van der Waals surface area contributed by atoms with Crippen LogP contribution in [0.1, 0.15) is 53.5 Å². The van der Waals surface area contributed by atoms with E-state index in [-0.39, 0.29) is 24.3 Å². The maximum Gasteiger partial charge on any atom is 0.308 e. The highest BCUT2D eigenvalue weighted by molar-refractivity contribution is 5.95. The average molecular weight is 385 g/mol. The summed E-state index contributed by atoms with van der Waals surface area (Å²) in [6, 6.07) is 4.96. The van der Waals surface area contributed by atoms with E-state index < -0.39 is 11.9 Å². The van der Waals surface area contributed by atoms with Crippen LogP contribution in [0.5, 0.6) is 0 Å². The van der Waals surface area contributed by atoms with Crippen molar-refractivity contribution in [2.45, 2.75) is 52.0 Å². The molecule has 7 heteroatoms. The van der Waals surface area contributed by atoms with Gasteiger partial charge in [0.25, 0.3) is 5.91 Å². The van der Waals surface area contributed by atoms with E-state index in [2.05, 4.69) is 5.10 Å². The van der Waals surface area contributed by atoms with Crippen molar-refractivity contribution >= 4 is 11.9 Å². The van der Waals surface area contributed by atoms with Crippen LogP contribution in [0.2, 0.25) is 0 Å². The van der Waals surface area contributed by atoms with Gasteiger partial charge in [0.05, 0.1) is 5.92 Å². The summed E-state index contributed by atoms with van der Waals surface area (Å²) in [5, 5.41) is 13.8. The smallest absolute Gasteiger partial charge is 0.308 e. The second-order valence-electron chi connectivity index (χ2n) is 7.87. The third-order valence-corrected chi connectivity index (χ3v) is 5.67. The maximum absolute atomic E-state index is 14.6. The van der Waals surface area contributed by atoms with Gasteiger partial charge in [-0.3, -0.25) is 9.59 Å². The van der Waals surface area contributed by atoms with Gasteiger partial charge in [-0.15, -0.1) is 0 Å². The minimum atomic E-state index is -0.920. The van der Waals surface area contributed by atoms with Crippen LogP contribution in [0.4, 0.5) is 4.39 Å². The van der Waals surface area contributed by atoms with Crippen molar-refractivity contribution in [3.8, 4) is 5.69 Å². The number of carboxylic acid groups (broad SMARTS) is 1. The number of aliphatic carboxylic acids is 1. The Morgan fingerprint density at radius 1 is 1.36 bits per heavy atom. The van der Waals surface area contributed by atoms with Crippen LogP contribution in [-0.4, -0.2) is 44.3 Å². The molecule has 1 fully saturated rings. The Bertz CT molecular complexity index is 928. The van der Waals surface area contributed by atoms with Crippen molar-refractivity contribution in [3.63, 3.8) is 0 Å². The monoisotopic (exact) mass is 385 g/mol. The molecule has 2 aliphatic rings. The van der Waals surface area contributed by atoms with Crippen molar-refractivity contribution < 1.29 is 19.1 Å². The second kappa shape index (κ2) is 7.04. The van der Waals surface area contributed by atoms with E-state index in [1.807, 2.05) is 13.0 Å². The van der Waals surface area contributed by atoms with Gasteiger partial charge in [0.15, 0.2) is 5.69 Å². The quantitative estimate of drug-likeness (QED) is 0.829. The van der Waals surface area contributed by atoms with Crippen LogP contribution < -0.4 is 0 Å². The summed E-state index contributed by atoms with van der Waals surface area (Å²) in [5.41, 5.74) is 3.26. The van der Waals surface area contributed by atoms with Gasteiger partial charge in [-0.2, -0.15) is 5.10 Å². The molecule has 0 radical (unpaired) electrons. The van der Waals surface area contributed by atoms with E-state index in [0.717, 1.165) is 48.9 Å². The lowest BCUT2D eigenvalue weighted by Gasteiger charge is -2.24. The number of carbonyl (C=O) groups excluding carboxylic acids is 1. The van der Waals surface area contributed by atoms with Gasteiger partial charge in [0, 0.05) is 23.8 Å². The van der Waals surface area contributed by atoms with Crippen LogP contribution in [0, 0.1) is 18.7 Å². The van der Waals surface area contributed by atoms with E-state index in [0.29, 0.717) is 11.4 Å². The van der Waals surface area contributed by atoms with Gasteiger partial charge in [-0.25, -0.2) is 9.07 Å². The molecule has 1 unspecified atom stereocenters. The number of carboxylic acids is 1. The molecule has 1 amide bonds. The molecule has 148 valence electrons. The van der Waals surface area contributed by atoms with Crippen molar-refractivity contribution in [1.29, 1.82) is 0 Å². The fourth-order valence-electron chi connectivity index (χ4n) is 3.98. The molecule has 1 heterocycles. The van der Waals surface area contributed by atoms with Crippen LogP contribution in [0.15, 0.2) is 18.2 Å². The molecule has 2 aliphatic carbocycles. The van der Waals surface area contributed by atoms with Crippen molar-refractivity contribution in [2.24, 2.45) is 5.92 Å². The summed E-state index contributed by atoms with van der Waals surface area (Å²) >= 11 is 0. The van der Waals surface area contributed by atoms with Crippen molar-refractivity contribution in [2.75, 3.05) is 6.54 Å². The molecule has 28 heavy (non-hydrogen) atoms. The van der Waals surface area contributed by atoms with E-state index in [1.165, 1.54) is 6.07 Å². The summed E-state index contributed by atoms with van der Waals surface area (Å²) in [6.07, 6.45) is 4.14. The summed E-state index contributed by atoms with van der Waals surface area (Å²) in [6.45, 7) is 3.60. The molecule has 4 rings (SSSR count). The fourth-order valence-corrected chi connectivity index (χ4v) is 3.98. The molecule has 0 saturated heterocycles. The lowest BCUT2D eigenvalue weighted by Crippen LogP contribution is -2.39. The highest BCUT2D eigenvalue weighted by Gasteiger charge is 2.38. The van der Waals surface area contributed by atoms with E-state index in [1.54, 1.807) is 22.6 Å². The molecule has 0 aliphatic heterocycles. The SMILES string of the molecule is Cc1cccc(F)c1-n1nc(C(=O)N(CC(C)C(=O)O)C2CC2)c2c1CCC2. The van der Waals surface area contributed by atoms with Crippen molar-refractivity contribution in [1.82, 2.24) is 14.7 Å². The number of fused-ring (bicyclic) bond motifs is 1. The summed E-state index contributed by atoms with van der Waals surface area (Å²) < 4.78 is 16.1. The molecule has 0 bridgehead atoms. The Morgan fingerprint density at radius 3 is 2.75 bits per heavy atom. The minimum Gasteiger partial charge on any atom is -0.481 e. The summed E-state index contributed by atoms with van der Waals surface area (Å²) in [7, 11) is 0. The molecule has 1 atom stereocenters. The van der Waals surface area contributed by atoms with Gasteiger partial charge < -0.3 is 10.0 Å². The normalized spacial score (nSPS) is 16.7. The fraction of sp³-hybridized carbons (Fsp3) is 0.476. The molecule has 6 nitrogen and oxygen atoms in total. The lowest BCUT2D eigenvalue weighted by atomic mass is 10.1. The number of halogens is 1. The molecule has 1 aromatic heterocycles. The number of rotatable bonds is 6. The molecule has 1 aromatic carbocycles. The van der Waals surface area contributed by atoms with E-state index in [9.17, 15) is 19.1 Å². The Morgan fingerprint density at radius 2 is 2.11 bits per heavy atom. The third-order valence-electron chi connectivity index (χ3n) is 5.67. The number of benzene rings is 1. The first kappa shape index (κ1) is 18.7. The number of hydrogen-bond donors (Lipinski definition) is 1. The van der Waals surface area contributed by atoms with E-state index in [4.69, 9.17) is 0 Å². The Hall–Kier alpha value is -2.70. The second-order valence-corrected chi connectivity index (χ2v) is 7.87. The first-order valence-corrected chi connectivity index (χ1v) is 9.78. The Labute approximate surface area is 163 Å². The highest BCUT2D eigenvalue weighted by atomic mass is 19.1. The molecule has 1 N–H and O–H groups in total. The summed E-state index contributed by atoms with van der Waals surface area (Å²) in [4.78, 5) is 26.3. The lowest BCUT2D eigenvalue weighted by molar-refractivity contribution is -0.141. The van der Waals surface area contributed by atoms with Crippen LogP contribution in [0.3, 0.4) is 0 Å². The van der Waals surface area contributed by atoms with Gasteiger partial charge in [-0.05, 0) is 50.7 Å². The van der Waals surface area contributed by atoms with Crippen LogP contribution >= 0.6 is 0 Å². The van der Waals surface area contributed by atoms with E-state index >= 15 is 0 Å². The topological polar surface area (TPSA) is 75.4 Å². The van der Waals surface area contributed by atoms with Crippen molar-refractivity contribution in [3.05, 3.63) is 46.5 Å². The summed E-state index contributed by atoms with van der Waals surface area (Å²) in [5.74, 6) is -2.17. The molecular weight excluding hydrogens is 361 g/mol. The first-order valence-electron chi connectivity index (χ1n) is 9.78. The largest absolute Gasteiger partial charge is 0.481 e. The van der Waals surface area contributed by atoms with Gasteiger partial charge >= 0.3 is 5.97 Å². The number of para-hydroxylation sites is 1. The van der Waals surface area contributed by atoms with Crippen LogP contribution in [0.25, 0.3) is 5.69 Å². The zero-order valence-corrected chi connectivity index (χ0v) is 16.1. The number of aromatic nitrogens is 2. The number of aryl methyl sites for hydroxylation is 1. The number of amides is 1. The first-order chi connectivity index (χ1) is 13.4. The van der Waals surface area contributed by atoms with Gasteiger partial charge in [0.1, 0.15) is 11.5 Å². The third kappa shape index (κ3) is 3.19. The number of carbonyl (C=O) groups is 2. The van der Waals surface area contributed by atoms with Crippen LogP contribution in [-0.2, 0) is 17.6 Å². The Balaban J connectivity index is 1.74. The minimum absolute atomic E-state index is 0.0756. The highest BCUT2D eigenvalue weighted by Crippen LogP contribution is 2.33. The average Bonchev–Trinajstić information content (AvgIpc) is 3.26. The standard InChI is InChI=1S/C21H24FN3O3/c1-12-5-3-7-16(22)19(12)25-17-8-4-6-15(17)18(23-25)20(26)24(14-9-10-14)11-13(2)21(27)28/h3,5,7,13-14H,4,6,8-11H2,1-2H3,(H,27,28). The maximum atomic E-state index is 14.6. The predicted octanol–water partition coefficient (Wildman–Crippen LogP) is 3.13. The number of hydrogen-bond acceptors (Lipinski definition) is 3. The van der Waals surface area contributed by atoms with Gasteiger partial charge in [-0.1, -0.05) is 19.1 Å². The Kier molecular flexibility index (Phi) is 4.69. The zero-order valence-electron chi connectivity index (χ0n) is 16.1. The molecule has 0 spiro atoms. The molecule has 2 aromatic rings. The predicted molar refractivity (Wildman–Crippen MR) is 101 cm³/mol. The molecule has 1 saturated carbocycles. The number of nitrogens with zero attached hydrogens (tertiary/aromatic N) is 3.